The summed E-state index contributed by atoms with van der Waals surface area (Å²) >= 11 is 0. The van der Waals surface area contributed by atoms with E-state index in [4.69, 9.17) is 5.73 Å². The molecular weight excluding hydrogens is 188 g/mol. The van der Waals surface area contributed by atoms with E-state index in [2.05, 4.69) is 15.0 Å². The van der Waals surface area contributed by atoms with E-state index in [0.717, 1.165) is 43.2 Å². The first-order valence-electron chi connectivity index (χ1n) is 5.60. The zero-order valence-corrected chi connectivity index (χ0v) is 9.40. The van der Waals surface area contributed by atoms with Crippen molar-refractivity contribution in [2.24, 2.45) is 5.73 Å². The van der Waals surface area contributed by atoms with Crippen molar-refractivity contribution in [3.8, 4) is 0 Å². The van der Waals surface area contributed by atoms with Crippen LogP contribution in [0.1, 0.15) is 49.1 Å². The molecule has 1 aliphatic carbocycles. The highest BCUT2D eigenvalue weighted by Crippen LogP contribution is 2.29. The van der Waals surface area contributed by atoms with Crippen molar-refractivity contribution in [2.75, 3.05) is 0 Å². The number of rotatable bonds is 1. The summed E-state index contributed by atoms with van der Waals surface area (Å²) in [5.41, 5.74) is 5.88. The van der Waals surface area contributed by atoms with E-state index in [9.17, 15) is 0 Å². The lowest BCUT2D eigenvalue weighted by Crippen LogP contribution is -2.26. The fourth-order valence-corrected chi connectivity index (χ4v) is 2.20. The predicted octanol–water partition coefficient (Wildman–Crippen LogP) is 1.47. The summed E-state index contributed by atoms with van der Waals surface area (Å²) in [6, 6.07) is 0.380. The molecular formula is C11H18N4. The fourth-order valence-electron chi connectivity index (χ4n) is 2.20. The highest BCUT2D eigenvalue weighted by atomic mass is 15.0. The van der Waals surface area contributed by atoms with E-state index in [1.807, 2.05) is 13.8 Å². The molecule has 0 amide bonds. The molecule has 82 valence electrons. The van der Waals surface area contributed by atoms with E-state index >= 15 is 0 Å². The second kappa shape index (κ2) is 4.23. The Bertz CT molecular complexity index is 322. The van der Waals surface area contributed by atoms with Crippen LogP contribution in [-0.2, 0) is 0 Å². The summed E-state index contributed by atoms with van der Waals surface area (Å²) < 4.78 is 0. The third kappa shape index (κ3) is 2.50. The number of aromatic nitrogens is 3. The first-order valence-corrected chi connectivity index (χ1v) is 5.60. The molecule has 4 nitrogen and oxygen atoms in total. The fraction of sp³-hybridized carbons (Fsp3) is 0.727. The van der Waals surface area contributed by atoms with Crippen molar-refractivity contribution < 1.29 is 0 Å². The lowest BCUT2D eigenvalue weighted by Gasteiger charge is -2.24. The van der Waals surface area contributed by atoms with Gasteiger partial charge >= 0.3 is 0 Å². The van der Waals surface area contributed by atoms with Crippen molar-refractivity contribution >= 4 is 0 Å². The van der Waals surface area contributed by atoms with E-state index in [-0.39, 0.29) is 0 Å². The SMILES string of the molecule is Cc1nc(C)nc(C2CCC(N)CC2)n1. The van der Waals surface area contributed by atoms with Crippen LogP contribution in [0.15, 0.2) is 0 Å². The Labute approximate surface area is 90.3 Å². The monoisotopic (exact) mass is 206 g/mol. The number of hydrogen-bond acceptors (Lipinski definition) is 4. The van der Waals surface area contributed by atoms with Crippen molar-refractivity contribution in [1.29, 1.82) is 0 Å². The first-order chi connectivity index (χ1) is 7.15. The second-order valence-electron chi connectivity index (χ2n) is 4.40. The van der Waals surface area contributed by atoms with Gasteiger partial charge in [0, 0.05) is 12.0 Å². The lowest BCUT2D eigenvalue weighted by molar-refractivity contribution is 0.383. The minimum absolute atomic E-state index is 0.380. The van der Waals surface area contributed by atoms with Crippen LogP contribution in [0.3, 0.4) is 0 Å². The molecule has 4 heteroatoms. The van der Waals surface area contributed by atoms with Crippen molar-refractivity contribution in [3.05, 3.63) is 17.5 Å². The average Bonchev–Trinajstić information content (AvgIpc) is 2.17. The van der Waals surface area contributed by atoms with Gasteiger partial charge in [0.05, 0.1) is 0 Å². The minimum atomic E-state index is 0.380. The summed E-state index contributed by atoms with van der Waals surface area (Å²) in [7, 11) is 0. The molecule has 0 atom stereocenters. The van der Waals surface area contributed by atoms with Gasteiger partial charge in [-0.15, -0.1) is 0 Å². The Balaban J connectivity index is 2.15. The van der Waals surface area contributed by atoms with Crippen molar-refractivity contribution in [2.45, 2.75) is 51.5 Å². The Hall–Kier alpha value is -1.03. The molecule has 0 radical (unpaired) electrons. The Morgan fingerprint density at radius 1 is 0.933 bits per heavy atom. The highest BCUT2D eigenvalue weighted by Gasteiger charge is 2.22. The van der Waals surface area contributed by atoms with Crippen LogP contribution in [0.2, 0.25) is 0 Å². The van der Waals surface area contributed by atoms with Crippen LogP contribution in [0.5, 0.6) is 0 Å². The molecule has 0 aliphatic heterocycles. The Kier molecular flexibility index (Phi) is 2.95. The maximum atomic E-state index is 5.88. The third-order valence-electron chi connectivity index (χ3n) is 3.01. The number of nitrogens with zero attached hydrogens (tertiary/aromatic N) is 3. The lowest BCUT2D eigenvalue weighted by atomic mass is 9.86. The van der Waals surface area contributed by atoms with Crippen molar-refractivity contribution in [3.63, 3.8) is 0 Å². The molecule has 0 saturated heterocycles. The maximum absolute atomic E-state index is 5.88. The quantitative estimate of drug-likeness (QED) is 0.755. The van der Waals surface area contributed by atoms with Crippen LogP contribution in [0.4, 0.5) is 0 Å². The van der Waals surface area contributed by atoms with E-state index in [0.29, 0.717) is 12.0 Å². The van der Waals surface area contributed by atoms with Crippen LogP contribution < -0.4 is 5.73 Å². The highest BCUT2D eigenvalue weighted by molar-refractivity contribution is 5.02. The Morgan fingerprint density at radius 3 is 2.00 bits per heavy atom. The molecule has 0 aromatic carbocycles. The molecule has 1 fully saturated rings. The zero-order chi connectivity index (χ0) is 10.8. The second-order valence-corrected chi connectivity index (χ2v) is 4.40. The standard InChI is InChI=1S/C11H18N4/c1-7-13-8(2)15-11(14-7)9-3-5-10(12)6-4-9/h9-10H,3-6,12H2,1-2H3. The van der Waals surface area contributed by atoms with Gasteiger partial charge in [0.25, 0.3) is 0 Å². The third-order valence-corrected chi connectivity index (χ3v) is 3.01. The van der Waals surface area contributed by atoms with Gasteiger partial charge in [0.1, 0.15) is 17.5 Å². The van der Waals surface area contributed by atoms with Crippen LogP contribution in [0, 0.1) is 13.8 Å². The van der Waals surface area contributed by atoms with E-state index < -0.39 is 0 Å². The van der Waals surface area contributed by atoms with Gasteiger partial charge in [-0.2, -0.15) is 0 Å². The van der Waals surface area contributed by atoms with Gasteiger partial charge in [-0.1, -0.05) is 0 Å². The summed E-state index contributed by atoms with van der Waals surface area (Å²) in [5, 5.41) is 0. The zero-order valence-electron chi connectivity index (χ0n) is 9.40. The van der Waals surface area contributed by atoms with Crippen LogP contribution >= 0.6 is 0 Å². The topological polar surface area (TPSA) is 64.7 Å². The molecule has 0 bridgehead atoms. The van der Waals surface area contributed by atoms with Gasteiger partial charge in [0.2, 0.25) is 0 Å². The van der Waals surface area contributed by atoms with Gasteiger partial charge in [-0.25, -0.2) is 15.0 Å². The van der Waals surface area contributed by atoms with Gasteiger partial charge < -0.3 is 5.73 Å². The van der Waals surface area contributed by atoms with Crippen LogP contribution in [-0.4, -0.2) is 21.0 Å². The maximum Gasteiger partial charge on any atom is 0.135 e. The molecule has 1 aliphatic rings. The minimum Gasteiger partial charge on any atom is -0.328 e. The molecule has 2 N–H and O–H groups in total. The summed E-state index contributed by atoms with van der Waals surface area (Å²) in [6.45, 7) is 3.85. The molecule has 0 spiro atoms. The molecule has 1 saturated carbocycles. The normalized spacial score (nSPS) is 26.6. The summed E-state index contributed by atoms with van der Waals surface area (Å²) in [5.74, 6) is 3.11. The number of aryl methyl sites for hydroxylation is 2. The number of nitrogens with two attached hydrogens (primary N) is 1. The molecule has 1 heterocycles. The molecule has 1 aromatic heterocycles. The van der Waals surface area contributed by atoms with Gasteiger partial charge in [0.15, 0.2) is 0 Å². The smallest absolute Gasteiger partial charge is 0.135 e. The molecule has 2 rings (SSSR count). The summed E-state index contributed by atoms with van der Waals surface area (Å²) in [6.07, 6.45) is 4.41. The van der Waals surface area contributed by atoms with Gasteiger partial charge in [-0.05, 0) is 39.5 Å². The summed E-state index contributed by atoms with van der Waals surface area (Å²) in [4.78, 5) is 13.0. The molecule has 0 unspecified atom stereocenters. The first kappa shape index (κ1) is 10.5. The predicted molar refractivity (Wildman–Crippen MR) is 58.5 cm³/mol. The molecule has 15 heavy (non-hydrogen) atoms. The number of hydrogen-bond donors (Lipinski definition) is 1. The average molecular weight is 206 g/mol. The van der Waals surface area contributed by atoms with Crippen LogP contribution in [0.25, 0.3) is 0 Å². The largest absolute Gasteiger partial charge is 0.328 e. The Morgan fingerprint density at radius 2 is 1.47 bits per heavy atom. The van der Waals surface area contributed by atoms with Gasteiger partial charge in [-0.3, -0.25) is 0 Å². The van der Waals surface area contributed by atoms with Crippen molar-refractivity contribution in [1.82, 2.24) is 15.0 Å². The van der Waals surface area contributed by atoms with E-state index in [1.165, 1.54) is 0 Å². The van der Waals surface area contributed by atoms with E-state index in [1.54, 1.807) is 0 Å². The molecule has 1 aromatic rings.